The minimum absolute atomic E-state index is 0.111. The first-order valence-corrected chi connectivity index (χ1v) is 7.40. The third kappa shape index (κ3) is 2.70. The lowest BCUT2D eigenvalue weighted by Gasteiger charge is -2.13. The van der Waals surface area contributed by atoms with E-state index in [4.69, 9.17) is 0 Å². The van der Waals surface area contributed by atoms with Gasteiger partial charge in [0.15, 0.2) is 0 Å². The van der Waals surface area contributed by atoms with Gasteiger partial charge < -0.3 is 10.2 Å². The summed E-state index contributed by atoms with van der Waals surface area (Å²) in [5.41, 5.74) is 1.16. The molecule has 0 spiro atoms. The Morgan fingerprint density at radius 2 is 1.60 bits per heavy atom. The lowest BCUT2D eigenvalue weighted by Crippen LogP contribution is -2.14. The molecule has 2 aromatic carbocycles. The summed E-state index contributed by atoms with van der Waals surface area (Å²) >= 11 is 0. The largest absolute Gasteiger partial charge is 0.506 e. The number of hydrogen-bond donors (Lipinski definition) is 3. The van der Waals surface area contributed by atoms with Crippen LogP contribution in [0.2, 0.25) is 0 Å². The number of phenols is 2. The Bertz CT molecular complexity index is 734. The highest BCUT2D eigenvalue weighted by molar-refractivity contribution is 7.92. The maximum absolute atomic E-state index is 12.3. The normalized spacial score (nSPS) is 11.3. The second-order valence-corrected chi connectivity index (χ2v) is 6.20. The van der Waals surface area contributed by atoms with Crippen LogP contribution in [0.5, 0.6) is 11.5 Å². The van der Waals surface area contributed by atoms with Crippen molar-refractivity contribution in [1.82, 2.24) is 0 Å². The van der Waals surface area contributed by atoms with E-state index in [0.29, 0.717) is 5.56 Å². The Morgan fingerprint density at radius 3 is 2.20 bits per heavy atom. The Kier molecular flexibility index (Phi) is 3.59. The molecule has 3 N–H and O–H groups in total. The van der Waals surface area contributed by atoms with Crippen molar-refractivity contribution in [2.24, 2.45) is 0 Å². The number of aryl methyl sites for hydroxylation is 2. The van der Waals surface area contributed by atoms with E-state index in [9.17, 15) is 18.6 Å². The zero-order chi connectivity index (χ0) is 14.9. The van der Waals surface area contributed by atoms with Crippen LogP contribution in [-0.4, -0.2) is 18.6 Å². The first-order valence-electron chi connectivity index (χ1n) is 5.92. The van der Waals surface area contributed by atoms with Gasteiger partial charge in [0.2, 0.25) is 0 Å². The maximum atomic E-state index is 12.3. The van der Waals surface area contributed by atoms with Gasteiger partial charge in [-0.2, -0.15) is 0 Å². The number of aromatic hydroxyl groups is 2. The molecule has 0 radical (unpaired) electrons. The molecule has 0 aromatic heterocycles. The Morgan fingerprint density at radius 1 is 1.00 bits per heavy atom. The number of sulfonamides is 1. The standard InChI is InChI=1S/C14H15NO4S/c1-9-6-7-10(2)13(8-9)20(18,19)15-14-11(16)4-3-5-12(14)17/h3-8,15-17H,1-2H3. The molecule has 0 fully saturated rings. The van der Waals surface area contributed by atoms with Crippen LogP contribution in [0.4, 0.5) is 5.69 Å². The summed E-state index contributed by atoms with van der Waals surface area (Å²) in [6.45, 7) is 3.47. The van der Waals surface area contributed by atoms with Crippen LogP contribution in [-0.2, 0) is 10.0 Å². The highest BCUT2D eigenvalue weighted by Crippen LogP contribution is 2.34. The summed E-state index contributed by atoms with van der Waals surface area (Å²) in [4.78, 5) is 0.111. The predicted octanol–water partition coefficient (Wildman–Crippen LogP) is 2.52. The fourth-order valence-electron chi connectivity index (χ4n) is 1.82. The molecule has 5 nitrogen and oxygen atoms in total. The highest BCUT2D eigenvalue weighted by Gasteiger charge is 2.20. The number of para-hydroxylation sites is 1. The Hall–Kier alpha value is -2.21. The quantitative estimate of drug-likeness (QED) is 0.759. The van der Waals surface area contributed by atoms with E-state index >= 15 is 0 Å². The summed E-state index contributed by atoms with van der Waals surface area (Å²) < 4.78 is 26.9. The van der Waals surface area contributed by atoms with E-state index in [1.807, 2.05) is 6.07 Å². The van der Waals surface area contributed by atoms with Crippen LogP contribution in [0.25, 0.3) is 0 Å². The van der Waals surface area contributed by atoms with Crippen LogP contribution < -0.4 is 4.72 Å². The van der Waals surface area contributed by atoms with Crippen LogP contribution in [0.3, 0.4) is 0 Å². The molecule has 0 saturated heterocycles. The number of phenolic OH excluding ortho intramolecular Hbond substituents is 2. The molecule has 0 aliphatic carbocycles. The Labute approximate surface area is 117 Å². The van der Waals surface area contributed by atoms with Crippen molar-refractivity contribution in [2.75, 3.05) is 4.72 Å². The van der Waals surface area contributed by atoms with E-state index in [2.05, 4.69) is 4.72 Å². The van der Waals surface area contributed by atoms with Gasteiger partial charge in [-0.1, -0.05) is 18.2 Å². The molecule has 2 rings (SSSR count). The predicted molar refractivity (Wildman–Crippen MR) is 76.5 cm³/mol. The van der Waals surface area contributed by atoms with Gasteiger partial charge in [-0.05, 0) is 43.2 Å². The van der Waals surface area contributed by atoms with Gasteiger partial charge in [-0.15, -0.1) is 0 Å². The van der Waals surface area contributed by atoms with Crippen LogP contribution in [0, 0.1) is 13.8 Å². The van der Waals surface area contributed by atoms with Gasteiger partial charge in [0, 0.05) is 0 Å². The van der Waals surface area contributed by atoms with E-state index in [0.717, 1.165) is 5.56 Å². The lowest BCUT2D eigenvalue weighted by atomic mass is 10.2. The third-order valence-electron chi connectivity index (χ3n) is 2.89. The molecule has 20 heavy (non-hydrogen) atoms. The molecular weight excluding hydrogens is 278 g/mol. The molecule has 6 heteroatoms. The molecule has 0 saturated carbocycles. The van der Waals surface area contributed by atoms with Crippen molar-refractivity contribution in [1.29, 1.82) is 0 Å². The summed E-state index contributed by atoms with van der Waals surface area (Å²) in [6, 6.07) is 9.05. The minimum Gasteiger partial charge on any atom is -0.506 e. The first-order chi connectivity index (χ1) is 9.31. The second kappa shape index (κ2) is 5.05. The average Bonchev–Trinajstić information content (AvgIpc) is 2.37. The molecule has 106 valence electrons. The van der Waals surface area contributed by atoms with Crippen LogP contribution >= 0.6 is 0 Å². The van der Waals surface area contributed by atoms with Crippen molar-refractivity contribution in [3.63, 3.8) is 0 Å². The minimum atomic E-state index is -3.88. The van der Waals surface area contributed by atoms with Gasteiger partial charge in [0.1, 0.15) is 17.2 Å². The Balaban J connectivity index is 2.49. The van der Waals surface area contributed by atoms with E-state index in [1.54, 1.807) is 19.9 Å². The van der Waals surface area contributed by atoms with Crippen LogP contribution in [0.1, 0.15) is 11.1 Å². The first kappa shape index (κ1) is 14.2. The third-order valence-corrected chi connectivity index (χ3v) is 4.38. The SMILES string of the molecule is Cc1ccc(C)c(S(=O)(=O)Nc2c(O)cccc2O)c1. The molecule has 0 aliphatic rings. The van der Waals surface area contributed by atoms with Crippen molar-refractivity contribution >= 4 is 15.7 Å². The molecular formula is C14H15NO4S. The zero-order valence-electron chi connectivity index (χ0n) is 11.1. The monoisotopic (exact) mass is 293 g/mol. The van der Waals surface area contributed by atoms with E-state index < -0.39 is 10.0 Å². The molecule has 0 amide bonds. The molecule has 0 atom stereocenters. The maximum Gasteiger partial charge on any atom is 0.262 e. The smallest absolute Gasteiger partial charge is 0.262 e. The lowest BCUT2D eigenvalue weighted by molar-refractivity contribution is 0.455. The van der Waals surface area contributed by atoms with Gasteiger partial charge in [0.25, 0.3) is 10.0 Å². The van der Waals surface area contributed by atoms with Crippen molar-refractivity contribution in [2.45, 2.75) is 18.7 Å². The van der Waals surface area contributed by atoms with Gasteiger partial charge in [-0.25, -0.2) is 8.42 Å². The van der Waals surface area contributed by atoms with Crippen molar-refractivity contribution in [3.05, 3.63) is 47.5 Å². The fraction of sp³-hybridized carbons (Fsp3) is 0.143. The van der Waals surface area contributed by atoms with Gasteiger partial charge in [0.05, 0.1) is 4.90 Å². The van der Waals surface area contributed by atoms with Crippen molar-refractivity contribution in [3.8, 4) is 11.5 Å². The highest BCUT2D eigenvalue weighted by atomic mass is 32.2. The molecule has 2 aromatic rings. The number of nitrogens with one attached hydrogen (secondary N) is 1. The number of anilines is 1. The molecule has 0 aliphatic heterocycles. The molecule has 0 unspecified atom stereocenters. The number of hydrogen-bond acceptors (Lipinski definition) is 4. The fourth-order valence-corrected chi connectivity index (χ4v) is 3.24. The number of rotatable bonds is 3. The van der Waals surface area contributed by atoms with Gasteiger partial charge >= 0.3 is 0 Å². The van der Waals surface area contributed by atoms with E-state index in [-0.39, 0.29) is 22.1 Å². The second-order valence-electron chi connectivity index (χ2n) is 4.55. The van der Waals surface area contributed by atoms with Gasteiger partial charge in [-0.3, -0.25) is 4.72 Å². The van der Waals surface area contributed by atoms with E-state index in [1.165, 1.54) is 24.3 Å². The summed E-state index contributed by atoms with van der Waals surface area (Å²) in [5.74, 6) is -0.669. The average molecular weight is 293 g/mol. The summed E-state index contributed by atoms with van der Waals surface area (Å²) in [5, 5.41) is 19.3. The molecule has 0 bridgehead atoms. The molecule has 0 heterocycles. The zero-order valence-corrected chi connectivity index (χ0v) is 11.9. The topological polar surface area (TPSA) is 86.6 Å². The van der Waals surface area contributed by atoms with Crippen molar-refractivity contribution < 1.29 is 18.6 Å². The van der Waals surface area contributed by atoms with Crippen LogP contribution in [0.15, 0.2) is 41.3 Å². The number of benzene rings is 2. The summed E-state index contributed by atoms with van der Waals surface area (Å²) in [6.07, 6.45) is 0. The summed E-state index contributed by atoms with van der Waals surface area (Å²) in [7, 11) is -3.88.